The molecule has 1 saturated carbocycles. The molecule has 0 aromatic heterocycles. The van der Waals surface area contributed by atoms with Crippen molar-refractivity contribution in [2.75, 3.05) is 0 Å². The van der Waals surface area contributed by atoms with Crippen molar-refractivity contribution < 1.29 is 13.2 Å². The van der Waals surface area contributed by atoms with E-state index in [0.29, 0.717) is 17.2 Å². The molecule has 1 aliphatic carbocycles. The predicted octanol–water partition coefficient (Wildman–Crippen LogP) is 8.32. The van der Waals surface area contributed by atoms with Gasteiger partial charge in [0.2, 0.25) is 0 Å². The molecule has 0 N–H and O–H groups in total. The zero-order valence-electron chi connectivity index (χ0n) is 18.6. The fraction of sp³-hybridized carbons (Fsp3) is 0.379. The Morgan fingerprint density at radius 3 is 2.31 bits per heavy atom. The molecule has 0 amide bonds. The molecule has 0 saturated heterocycles. The molecule has 0 atom stereocenters. The molecule has 4 rings (SSSR count). The normalized spacial score (nSPS) is 18.4. The first-order chi connectivity index (χ1) is 15.5. The van der Waals surface area contributed by atoms with E-state index >= 15 is 0 Å². The van der Waals surface area contributed by atoms with Gasteiger partial charge in [0.25, 0.3) is 0 Å². The molecule has 1 aliphatic rings. The molecule has 0 unspecified atom stereocenters. The summed E-state index contributed by atoms with van der Waals surface area (Å²) in [6.07, 6.45) is 8.89. The second-order valence-electron chi connectivity index (χ2n) is 8.94. The summed E-state index contributed by atoms with van der Waals surface area (Å²) in [5, 5.41) is 0.544. The van der Waals surface area contributed by atoms with Gasteiger partial charge in [-0.2, -0.15) is 0 Å². The van der Waals surface area contributed by atoms with Gasteiger partial charge >= 0.3 is 0 Å². The van der Waals surface area contributed by atoms with Gasteiger partial charge in [0.1, 0.15) is 0 Å². The molecule has 0 heterocycles. The van der Waals surface area contributed by atoms with Crippen LogP contribution in [0.25, 0.3) is 10.8 Å². The highest BCUT2D eigenvalue weighted by molar-refractivity contribution is 5.84. The first-order valence-electron chi connectivity index (χ1n) is 11.7. The van der Waals surface area contributed by atoms with Crippen LogP contribution in [0.4, 0.5) is 13.2 Å². The third kappa shape index (κ3) is 5.18. The maximum Gasteiger partial charge on any atom is 0.195 e. The molecule has 1 fully saturated rings. The van der Waals surface area contributed by atoms with E-state index in [2.05, 4.69) is 43.0 Å². The lowest BCUT2D eigenvalue weighted by molar-refractivity contribution is 0.385. The number of unbranched alkanes of at least 4 members (excludes halogenated alkanes) is 2. The Balaban J connectivity index is 1.36. The van der Waals surface area contributed by atoms with E-state index < -0.39 is 17.5 Å². The van der Waals surface area contributed by atoms with E-state index in [1.165, 1.54) is 24.8 Å². The van der Waals surface area contributed by atoms with Crippen molar-refractivity contribution in [2.24, 2.45) is 5.92 Å². The van der Waals surface area contributed by atoms with Crippen LogP contribution in [0.5, 0.6) is 0 Å². The molecule has 166 valence electrons. The van der Waals surface area contributed by atoms with Crippen LogP contribution >= 0.6 is 0 Å². The van der Waals surface area contributed by atoms with Crippen LogP contribution in [0.2, 0.25) is 0 Å². The Morgan fingerprint density at radius 2 is 1.59 bits per heavy atom. The Kier molecular flexibility index (Phi) is 7.20. The van der Waals surface area contributed by atoms with Crippen LogP contribution in [0.1, 0.15) is 74.5 Å². The summed E-state index contributed by atoms with van der Waals surface area (Å²) in [5.74, 6) is 3.84. The second kappa shape index (κ2) is 10.3. The summed E-state index contributed by atoms with van der Waals surface area (Å²) in [6, 6.07) is 14.9. The molecule has 0 bridgehead atoms. The fourth-order valence-electron chi connectivity index (χ4n) is 4.67. The van der Waals surface area contributed by atoms with Crippen LogP contribution in [0.15, 0.2) is 48.5 Å². The van der Waals surface area contributed by atoms with Crippen LogP contribution in [-0.2, 0) is 6.42 Å². The minimum Gasteiger partial charge on any atom is -0.204 e. The topological polar surface area (TPSA) is 0 Å². The lowest BCUT2D eigenvalue weighted by Gasteiger charge is -2.26. The summed E-state index contributed by atoms with van der Waals surface area (Å²) in [7, 11) is 0. The third-order valence-electron chi connectivity index (χ3n) is 6.64. The zero-order valence-corrected chi connectivity index (χ0v) is 18.6. The number of halogens is 3. The van der Waals surface area contributed by atoms with Crippen molar-refractivity contribution >= 4 is 10.8 Å². The van der Waals surface area contributed by atoms with Gasteiger partial charge in [0.15, 0.2) is 17.5 Å². The number of fused-ring (bicyclic) bond motifs is 1. The number of hydrogen-bond acceptors (Lipinski definition) is 0. The van der Waals surface area contributed by atoms with Gasteiger partial charge in [-0.05, 0) is 79.2 Å². The Hall–Kier alpha value is -2.73. The monoisotopic (exact) mass is 434 g/mol. The molecule has 0 nitrogen and oxygen atoms in total. The molecule has 0 aliphatic heterocycles. The highest BCUT2D eigenvalue weighted by atomic mass is 19.2. The van der Waals surface area contributed by atoms with Crippen molar-refractivity contribution in [1.29, 1.82) is 0 Å². The third-order valence-corrected chi connectivity index (χ3v) is 6.64. The number of hydrogen-bond donors (Lipinski definition) is 0. The highest BCUT2D eigenvalue weighted by Crippen LogP contribution is 2.37. The van der Waals surface area contributed by atoms with Crippen molar-refractivity contribution in [1.82, 2.24) is 0 Å². The molecule has 3 aromatic rings. The van der Waals surface area contributed by atoms with Gasteiger partial charge in [-0.25, -0.2) is 13.2 Å². The second-order valence-corrected chi connectivity index (χ2v) is 8.94. The molecule has 32 heavy (non-hydrogen) atoms. The van der Waals surface area contributed by atoms with Crippen molar-refractivity contribution in [3.05, 3.63) is 82.7 Å². The molecule has 0 spiro atoms. The van der Waals surface area contributed by atoms with E-state index in [9.17, 15) is 13.2 Å². The summed E-state index contributed by atoms with van der Waals surface area (Å²) in [5.41, 5.74) is 3.51. The quantitative estimate of drug-likeness (QED) is 0.215. The van der Waals surface area contributed by atoms with Crippen LogP contribution in [-0.4, -0.2) is 0 Å². The fourth-order valence-corrected chi connectivity index (χ4v) is 4.67. The van der Waals surface area contributed by atoms with Crippen LogP contribution < -0.4 is 0 Å². The summed E-state index contributed by atoms with van der Waals surface area (Å²) in [6.45, 7) is 2.22. The highest BCUT2D eigenvalue weighted by Gasteiger charge is 2.22. The average molecular weight is 435 g/mol. The smallest absolute Gasteiger partial charge is 0.195 e. The molecule has 3 heteroatoms. The van der Waals surface area contributed by atoms with Gasteiger partial charge in [0, 0.05) is 16.9 Å². The lowest BCUT2D eigenvalue weighted by atomic mass is 9.78. The standard InChI is InChI=1S/C29H29F3/c1-2-3-4-5-20-6-8-21(9-7-20)10-11-22-12-14-23(15-13-22)24-16-17-26-25(18-24)19-27(30)29(32)28(26)31/h6-9,16-19,22-23H,2-5,12-15H2,1H3. The van der Waals surface area contributed by atoms with Crippen LogP contribution in [0.3, 0.4) is 0 Å². The van der Waals surface area contributed by atoms with E-state index in [1.54, 1.807) is 12.1 Å². The predicted molar refractivity (Wildman–Crippen MR) is 125 cm³/mol. The van der Waals surface area contributed by atoms with Gasteiger partial charge < -0.3 is 0 Å². The van der Waals surface area contributed by atoms with Gasteiger partial charge in [-0.3, -0.25) is 0 Å². The lowest BCUT2D eigenvalue weighted by Crippen LogP contribution is -2.12. The molecular weight excluding hydrogens is 405 g/mol. The van der Waals surface area contributed by atoms with E-state index in [4.69, 9.17) is 0 Å². The number of benzene rings is 3. The van der Waals surface area contributed by atoms with E-state index in [0.717, 1.165) is 49.3 Å². The molecule has 3 aromatic carbocycles. The zero-order chi connectivity index (χ0) is 22.5. The maximum absolute atomic E-state index is 14.0. The van der Waals surface area contributed by atoms with Crippen molar-refractivity contribution in [3.63, 3.8) is 0 Å². The van der Waals surface area contributed by atoms with E-state index in [-0.39, 0.29) is 5.39 Å². The molecule has 0 radical (unpaired) electrons. The minimum atomic E-state index is -1.41. The minimum absolute atomic E-state index is 0.128. The number of rotatable bonds is 5. The number of aryl methyl sites for hydroxylation is 1. The Labute approximate surface area is 188 Å². The summed E-state index contributed by atoms with van der Waals surface area (Å²) < 4.78 is 41.1. The van der Waals surface area contributed by atoms with Crippen molar-refractivity contribution in [2.45, 2.75) is 64.2 Å². The van der Waals surface area contributed by atoms with Gasteiger partial charge in [0.05, 0.1) is 0 Å². The van der Waals surface area contributed by atoms with Crippen molar-refractivity contribution in [3.8, 4) is 11.8 Å². The largest absolute Gasteiger partial charge is 0.204 e. The first kappa shape index (κ1) is 22.5. The Bertz CT molecular complexity index is 1130. The van der Waals surface area contributed by atoms with E-state index in [1.807, 2.05) is 6.07 Å². The van der Waals surface area contributed by atoms with Crippen LogP contribution in [0, 0.1) is 35.2 Å². The average Bonchev–Trinajstić information content (AvgIpc) is 2.82. The Morgan fingerprint density at radius 1 is 0.844 bits per heavy atom. The van der Waals surface area contributed by atoms with Gasteiger partial charge in [-0.15, -0.1) is 0 Å². The maximum atomic E-state index is 14.0. The van der Waals surface area contributed by atoms with Gasteiger partial charge in [-0.1, -0.05) is 61.9 Å². The molecular formula is C29H29F3. The first-order valence-corrected chi connectivity index (χ1v) is 11.7. The SMILES string of the molecule is CCCCCc1ccc(C#CC2CCC(c3ccc4c(F)c(F)c(F)cc4c3)CC2)cc1. The summed E-state index contributed by atoms with van der Waals surface area (Å²) >= 11 is 0. The summed E-state index contributed by atoms with van der Waals surface area (Å²) in [4.78, 5) is 0.